The number of hydrogen-bond donors (Lipinski definition) is 2. The summed E-state index contributed by atoms with van der Waals surface area (Å²) < 4.78 is 41.9. The third kappa shape index (κ3) is 6.49. The number of carbonyl (C=O) groups excluding carboxylic acids is 2. The highest BCUT2D eigenvalue weighted by molar-refractivity contribution is 6.31. The number of amides is 2. The predicted octanol–water partition coefficient (Wildman–Crippen LogP) is 4.85. The first kappa shape index (κ1) is 28.2. The van der Waals surface area contributed by atoms with E-state index in [9.17, 15) is 22.8 Å². The van der Waals surface area contributed by atoms with Gasteiger partial charge in [-0.15, -0.1) is 0 Å². The van der Waals surface area contributed by atoms with Gasteiger partial charge in [-0.2, -0.15) is 13.2 Å². The van der Waals surface area contributed by atoms with Crippen LogP contribution in [0, 0.1) is 5.41 Å². The van der Waals surface area contributed by atoms with Crippen LogP contribution in [0.2, 0.25) is 10.0 Å². The summed E-state index contributed by atoms with van der Waals surface area (Å²) >= 11 is 12.4. The van der Waals surface area contributed by atoms with Crippen LogP contribution in [-0.2, 0) is 11.2 Å². The lowest BCUT2D eigenvalue weighted by atomic mass is 9.80. The molecule has 1 aliphatic carbocycles. The van der Waals surface area contributed by atoms with Crippen molar-refractivity contribution in [1.82, 2.24) is 20.5 Å². The SMILES string of the molecule is CNC(=O)c1ccc(C[C@@H](CNC(=O)C[C@@H](c2cncc(Cl)c2)C2(C(F)(F)F)CC2)N(C)C)c(Cl)c1. The highest BCUT2D eigenvalue weighted by atomic mass is 35.5. The van der Waals surface area contributed by atoms with Crippen LogP contribution in [0.5, 0.6) is 0 Å². The fourth-order valence-corrected chi connectivity index (χ4v) is 4.83. The number of halogens is 5. The van der Waals surface area contributed by atoms with Crippen molar-refractivity contribution < 1.29 is 22.8 Å². The highest BCUT2D eigenvalue weighted by Crippen LogP contribution is 2.66. The number of nitrogens with one attached hydrogen (secondary N) is 2. The highest BCUT2D eigenvalue weighted by Gasteiger charge is 2.67. The van der Waals surface area contributed by atoms with Crippen LogP contribution in [0.1, 0.15) is 46.7 Å². The Morgan fingerprint density at radius 1 is 1.17 bits per heavy atom. The number of pyridine rings is 1. The zero-order valence-corrected chi connectivity index (χ0v) is 21.8. The minimum Gasteiger partial charge on any atom is -0.355 e. The summed E-state index contributed by atoms with van der Waals surface area (Å²) in [6, 6.07) is 6.28. The average molecular weight is 545 g/mol. The Bertz CT molecular complexity index is 1110. The van der Waals surface area contributed by atoms with Crippen LogP contribution in [0.15, 0.2) is 36.7 Å². The molecule has 0 unspecified atom stereocenters. The van der Waals surface area contributed by atoms with Gasteiger partial charge in [0.2, 0.25) is 5.91 Å². The minimum absolute atomic E-state index is 0.0359. The molecule has 6 nitrogen and oxygen atoms in total. The monoisotopic (exact) mass is 544 g/mol. The van der Waals surface area contributed by atoms with Crippen molar-refractivity contribution in [3.8, 4) is 0 Å². The fourth-order valence-electron chi connectivity index (χ4n) is 4.39. The Kier molecular flexibility index (Phi) is 8.90. The van der Waals surface area contributed by atoms with Gasteiger partial charge in [0.25, 0.3) is 5.91 Å². The molecule has 2 atom stereocenters. The number of likely N-dealkylation sites (N-methyl/N-ethyl adjacent to an activating group) is 1. The average Bonchev–Trinajstić information content (AvgIpc) is 3.62. The summed E-state index contributed by atoms with van der Waals surface area (Å²) in [5, 5.41) is 5.98. The first-order valence-corrected chi connectivity index (χ1v) is 12.2. The molecule has 0 spiro atoms. The molecule has 196 valence electrons. The molecule has 3 rings (SSSR count). The summed E-state index contributed by atoms with van der Waals surface area (Å²) in [6.07, 6.45) is -1.68. The summed E-state index contributed by atoms with van der Waals surface area (Å²) in [4.78, 5) is 30.6. The smallest absolute Gasteiger partial charge is 0.355 e. The van der Waals surface area contributed by atoms with E-state index in [0.717, 1.165) is 5.56 Å². The van der Waals surface area contributed by atoms with Crippen molar-refractivity contribution in [3.63, 3.8) is 0 Å². The third-order valence-electron chi connectivity index (χ3n) is 6.80. The summed E-state index contributed by atoms with van der Waals surface area (Å²) in [5.74, 6) is -1.81. The third-order valence-corrected chi connectivity index (χ3v) is 7.36. The Morgan fingerprint density at radius 2 is 1.86 bits per heavy atom. The quantitative estimate of drug-likeness (QED) is 0.448. The van der Waals surface area contributed by atoms with Crippen LogP contribution < -0.4 is 10.6 Å². The molecule has 0 saturated heterocycles. The molecule has 36 heavy (non-hydrogen) atoms. The molecule has 1 aromatic carbocycles. The van der Waals surface area contributed by atoms with Gasteiger partial charge >= 0.3 is 6.18 Å². The lowest BCUT2D eigenvalue weighted by Crippen LogP contribution is -2.42. The van der Waals surface area contributed by atoms with Gasteiger partial charge < -0.3 is 15.5 Å². The van der Waals surface area contributed by atoms with E-state index in [1.807, 2.05) is 19.0 Å². The number of alkyl halides is 3. The van der Waals surface area contributed by atoms with Gasteiger partial charge in [-0.1, -0.05) is 29.3 Å². The van der Waals surface area contributed by atoms with Gasteiger partial charge in [-0.25, -0.2) is 0 Å². The number of carbonyl (C=O) groups is 2. The molecule has 2 N–H and O–H groups in total. The summed E-state index contributed by atoms with van der Waals surface area (Å²) in [7, 11) is 5.21. The maximum atomic E-state index is 14.0. The maximum absolute atomic E-state index is 14.0. The Balaban J connectivity index is 1.71. The molecule has 1 heterocycles. The molecule has 11 heteroatoms. The molecule has 1 saturated carbocycles. The van der Waals surface area contributed by atoms with Crippen LogP contribution in [0.25, 0.3) is 0 Å². The maximum Gasteiger partial charge on any atom is 0.395 e. The van der Waals surface area contributed by atoms with E-state index in [2.05, 4.69) is 15.6 Å². The number of rotatable bonds is 10. The van der Waals surface area contributed by atoms with E-state index in [4.69, 9.17) is 23.2 Å². The topological polar surface area (TPSA) is 74.3 Å². The van der Waals surface area contributed by atoms with Crippen LogP contribution in [-0.4, -0.2) is 61.6 Å². The number of nitrogens with zero attached hydrogens (tertiary/aromatic N) is 2. The van der Waals surface area contributed by atoms with Crippen molar-refractivity contribution in [1.29, 1.82) is 0 Å². The normalized spacial score (nSPS) is 16.4. The number of hydrogen-bond acceptors (Lipinski definition) is 4. The van der Waals surface area contributed by atoms with Crippen molar-refractivity contribution in [2.45, 2.75) is 43.8 Å². The Labute approximate surface area is 218 Å². The van der Waals surface area contributed by atoms with Crippen LogP contribution >= 0.6 is 23.2 Å². The molecule has 1 fully saturated rings. The molecule has 2 amide bonds. The lowest BCUT2D eigenvalue weighted by molar-refractivity contribution is -0.194. The van der Waals surface area contributed by atoms with Gasteiger partial charge in [0, 0.05) is 55.0 Å². The van der Waals surface area contributed by atoms with E-state index < -0.39 is 23.4 Å². The van der Waals surface area contributed by atoms with Gasteiger partial charge in [-0.05, 0) is 62.7 Å². The van der Waals surface area contributed by atoms with Crippen molar-refractivity contribution >= 4 is 35.0 Å². The standard InChI is InChI=1S/C25H29Cl2F3N4O2/c1-31-23(36)16-5-4-15(21(27)10-16)9-19(34(2)3)14-33-22(35)11-20(17-8-18(26)13-32-12-17)24(6-7-24)25(28,29)30/h4-5,8,10,12-13,19-20H,6-7,9,11,14H2,1-3H3,(H,31,36)(H,33,35)/t19-,20-/m0/s1. The molecule has 0 radical (unpaired) electrons. The molecular weight excluding hydrogens is 516 g/mol. The van der Waals surface area contributed by atoms with Gasteiger partial charge in [0.05, 0.1) is 10.4 Å². The van der Waals surface area contributed by atoms with Crippen molar-refractivity contribution in [3.05, 3.63) is 63.4 Å². The van der Waals surface area contributed by atoms with E-state index in [1.165, 1.54) is 25.5 Å². The number of benzene rings is 1. The van der Waals surface area contributed by atoms with Gasteiger partial charge in [0.15, 0.2) is 0 Å². The lowest BCUT2D eigenvalue weighted by Gasteiger charge is -2.30. The summed E-state index contributed by atoms with van der Waals surface area (Å²) in [6.45, 7) is 0.207. The zero-order chi connectivity index (χ0) is 26.7. The largest absolute Gasteiger partial charge is 0.395 e. The molecule has 2 aromatic rings. The Hall–Kier alpha value is -2.36. The van der Waals surface area contributed by atoms with Crippen molar-refractivity contribution in [2.75, 3.05) is 27.7 Å². The van der Waals surface area contributed by atoms with E-state index in [1.54, 1.807) is 18.2 Å². The summed E-state index contributed by atoms with van der Waals surface area (Å²) in [5.41, 5.74) is -0.424. The Morgan fingerprint density at radius 3 is 2.39 bits per heavy atom. The second-order valence-corrected chi connectivity index (χ2v) is 10.2. The molecular formula is C25H29Cl2F3N4O2. The van der Waals surface area contributed by atoms with Crippen LogP contribution in [0.3, 0.4) is 0 Å². The second-order valence-electron chi connectivity index (χ2n) is 9.36. The van der Waals surface area contributed by atoms with E-state index in [-0.39, 0.29) is 42.8 Å². The van der Waals surface area contributed by atoms with Gasteiger partial charge in [0.1, 0.15) is 0 Å². The molecule has 0 bridgehead atoms. The zero-order valence-electron chi connectivity index (χ0n) is 20.3. The molecule has 1 aliphatic rings. The van der Waals surface area contributed by atoms with Crippen molar-refractivity contribution in [2.24, 2.45) is 5.41 Å². The molecule has 0 aliphatic heterocycles. The minimum atomic E-state index is -4.44. The van der Waals surface area contributed by atoms with Crippen LogP contribution in [0.4, 0.5) is 13.2 Å². The second kappa shape index (κ2) is 11.4. The molecule has 1 aromatic heterocycles. The van der Waals surface area contributed by atoms with Gasteiger partial charge in [-0.3, -0.25) is 14.6 Å². The first-order chi connectivity index (χ1) is 16.9. The van der Waals surface area contributed by atoms with E-state index >= 15 is 0 Å². The predicted molar refractivity (Wildman–Crippen MR) is 133 cm³/mol. The number of aromatic nitrogens is 1. The first-order valence-electron chi connectivity index (χ1n) is 11.5. The fraction of sp³-hybridized carbons (Fsp3) is 0.480. The van der Waals surface area contributed by atoms with E-state index in [0.29, 0.717) is 22.6 Å².